The summed E-state index contributed by atoms with van der Waals surface area (Å²) in [7, 11) is 0. The zero-order chi connectivity index (χ0) is 22.8. The molecule has 0 heterocycles. The lowest BCUT2D eigenvalue weighted by Gasteiger charge is -2.29. The number of benzene rings is 2. The first-order valence-corrected chi connectivity index (χ1v) is 11.3. The average Bonchev–Trinajstić information content (AvgIpc) is 2.75. The molecule has 31 heavy (non-hydrogen) atoms. The van der Waals surface area contributed by atoms with Crippen LogP contribution in [0, 0.1) is 0 Å². The molecular weight excluding hydrogens is 459 g/mol. The van der Waals surface area contributed by atoms with Gasteiger partial charge in [-0.05, 0) is 61.7 Å². The summed E-state index contributed by atoms with van der Waals surface area (Å²) >= 11 is 18.1. The molecule has 2 aromatic rings. The topological polar surface area (TPSA) is 58.6 Å². The minimum atomic E-state index is -0.636. The molecule has 8 heteroatoms. The molecule has 0 aromatic heterocycles. The van der Waals surface area contributed by atoms with E-state index in [1.54, 1.807) is 54.3 Å². The van der Waals surface area contributed by atoms with Crippen molar-refractivity contribution in [3.8, 4) is 5.75 Å². The van der Waals surface area contributed by atoms with Crippen LogP contribution in [0.4, 0.5) is 0 Å². The van der Waals surface area contributed by atoms with E-state index < -0.39 is 6.04 Å². The molecule has 2 amide bonds. The summed E-state index contributed by atoms with van der Waals surface area (Å²) in [5, 5.41) is 4.45. The van der Waals surface area contributed by atoms with E-state index in [0.29, 0.717) is 40.4 Å². The Kier molecular flexibility index (Phi) is 10.4. The third kappa shape index (κ3) is 8.24. The van der Waals surface area contributed by atoms with Gasteiger partial charge < -0.3 is 15.0 Å². The number of amides is 2. The van der Waals surface area contributed by atoms with Gasteiger partial charge >= 0.3 is 0 Å². The van der Waals surface area contributed by atoms with Gasteiger partial charge in [-0.1, -0.05) is 47.8 Å². The third-order valence-electron chi connectivity index (χ3n) is 4.69. The van der Waals surface area contributed by atoms with Crippen LogP contribution < -0.4 is 10.1 Å². The van der Waals surface area contributed by atoms with Crippen molar-refractivity contribution >= 4 is 46.6 Å². The largest absolute Gasteiger partial charge is 0.494 e. The number of rotatable bonds is 11. The summed E-state index contributed by atoms with van der Waals surface area (Å²) in [4.78, 5) is 27.1. The number of nitrogens with one attached hydrogen (secondary N) is 1. The van der Waals surface area contributed by atoms with Crippen molar-refractivity contribution < 1.29 is 14.3 Å². The van der Waals surface area contributed by atoms with Crippen molar-refractivity contribution in [1.82, 2.24) is 10.2 Å². The Labute approximate surface area is 198 Å². The summed E-state index contributed by atoms with van der Waals surface area (Å²) in [6.07, 6.45) is 1.57. The van der Waals surface area contributed by atoms with Crippen LogP contribution >= 0.6 is 34.8 Å². The minimum absolute atomic E-state index is 0.148. The van der Waals surface area contributed by atoms with E-state index in [9.17, 15) is 9.59 Å². The van der Waals surface area contributed by atoms with Crippen molar-refractivity contribution in [3.05, 3.63) is 63.1 Å². The normalized spacial score (nSPS) is 11.6. The van der Waals surface area contributed by atoms with Crippen molar-refractivity contribution in [2.24, 2.45) is 0 Å². The van der Waals surface area contributed by atoms with Crippen LogP contribution in [-0.4, -0.2) is 35.9 Å². The van der Waals surface area contributed by atoms with Gasteiger partial charge in [0, 0.05) is 34.6 Å². The van der Waals surface area contributed by atoms with E-state index in [1.807, 2.05) is 6.92 Å². The Morgan fingerprint density at radius 3 is 2.39 bits per heavy atom. The van der Waals surface area contributed by atoms with Gasteiger partial charge in [-0.25, -0.2) is 0 Å². The van der Waals surface area contributed by atoms with E-state index >= 15 is 0 Å². The molecule has 0 saturated carbocycles. The van der Waals surface area contributed by atoms with Gasteiger partial charge in [-0.15, -0.1) is 0 Å². The predicted molar refractivity (Wildman–Crippen MR) is 126 cm³/mol. The maximum absolute atomic E-state index is 13.0. The molecule has 5 nitrogen and oxygen atoms in total. The molecule has 2 aromatic carbocycles. The first kappa shape index (κ1) is 25.3. The zero-order valence-corrected chi connectivity index (χ0v) is 19.9. The van der Waals surface area contributed by atoms with Crippen molar-refractivity contribution in [2.45, 2.75) is 45.7 Å². The van der Waals surface area contributed by atoms with Gasteiger partial charge in [0.05, 0.1) is 6.61 Å². The molecule has 0 saturated heterocycles. The van der Waals surface area contributed by atoms with Crippen LogP contribution in [-0.2, 0) is 16.1 Å². The number of nitrogens with zero attached hydrogens (tertiary/aromatic N) is 1. The van der Waals surface area contributed by atoms with E-state index in [2.05, 4.69) is 5.32 Å². The molecule has 0 unspecified atom stereocenters. The van der Waals surface area contributed by atoms with Gasteiger partial charge in [0.1, 0.15) is 11.8 Å². The lowest BCUT2D eigenvalue weighted by molar-refractivity contribution is -0.140. The number of carbonyl (C=O) groups excluding carboxylic acids is 2. The zero-order valence-electron chi connectivity index (χ0n) is 17.7. The standard InChI is InChI=1S/C23H27Cl3N2O3/c1-3-12-27-23(30)16(2)28(15-17-6-7-19(25)14-21(17)26)22(29)5-4-13-31-20-10-8-18(24)9-11-20/h6-11,14,16H,3-5,12-13,15H2,1-2H3,(H,27,30)/t16-/m0/s1. The summed E-state index contributed by atoms with van der Waals surface area (Å²) < 4.78 is 5.66. The molecule has 0 aliphatic rings. The van der Waals surface area contributed by atoms with E-state index in [0.717, 1.165) is 12.0 Å². The van der Waals surface area contributed by atoms with Crippen LogP contribution in [0.5, 0.6) is 5.75 Å². The third-order valence-corrected chi connectivity index (χ3v) is 5.53. The molecule has 168 valence electrons. The SMILES string of the molecule is CCCNC(=O)[C@H](C)N(Cc1ccc(Cl)cc1Cl)C(=O)CCCOc1ccc(Cl)cc1. The van der Waals surface area contributed by atoms with Crippen LogP contribution in [0.25, 0.3) is 0 Å². The summed E-state index contributed by atoms with van der Waals surface area (Å²) in [5.41, 5.74) is 0.729. The number of hydrogen-bond donors (Lipinski definition) is 1. The molecule has 1 atom stereocenters. The maximum atomic E-state index is 13.0. The minimum Gasteiger partial charge on any atom is -0.494 e. The second-order valence-corrected chi connectivity index (χ2v) is 8.41. The Morgan fingerprint density at radius 1 is 1.06 bits per heavy atom. The molecule has 0 aliphatic carbocycles. The molecule has 0 bridgehead atoms. The molecule has 1 N–H and O–H groups in total. The van der Waals surface area contributed by atoms with Crippen LogP contribution in [0.3, 0.4) is 0 Å². The van der Waals surface area contributed by atoms with Crippen molar-refractivity contribution in [3.63, 3.8) is 0 Å². The number of carbonyl (C=O) groups is 2. The lowest BCUT2D eigenvalue weighted by Crippen LogP contribution is -2.47. The fourth-order valence-electron chi connectivity index (χ4n) is 2.90. The highest BCUT2D eigenvalue weighted by atomic mass is 35.5. The molecule has 2 rings (SSSR count). The summed E-state index contributed by atoms with van der Waals surface area (Å²) in [6, 6.07) is 11.5. The molecule has 0 spiro atoms. The monoisotopic (exact) mass is 484 g/mol. The fraction of sp³-hybridized carbons (Fsp3) is 0.391. The summed E-state index contributed by atoms with van der Waals surface area (Å²) in [5.74, 6) is 0.344. The Balaban J connectivity index is 2.02. The number of halogens is 3. The number of hydrogen-bond acceptors (Lipinski definition) is 3. The smallest absolute Gasteiger partial charge is 0.242 e. The second-order valence-electron chi connectivity index (χ2n) is 7.13. The first-order valence-electron chi connectivity index (χ1n) is 10.2. The molecule has 0 radical (unpaired) electrons. The van der Waals surface area contributed by atoms with Crippen LogP contribution in [0.1, 0.15) is 38.7 Å². The summed E-state index contributed by atoms with van der Waals surface area (Å²) in [6.45, 7) is 4.84. The first-order chi connectivity index (χ1) is 14.8. The lowest BCUT2D eigenvalue weighted by atomic mass is 10.1. The molecule has 0 aliphatic heterocycles. The van der Waals surface area contributed by atoms with E-state index in [-0.39, 0.29) is 24.8 Å². The Hall–Kier alpha value is -1.95. The van der Waals surface area contributed by atoms with Gasteiger partial charge in [0.25, 0.3) is 0 Å². The highest BCUT2D eigenvalue weighted by Gasteiger charge is 2.26. The Bertz CT molecular complexity index is 875. The van der Waals surface area contributed by atoms with Gasteiger partial charge in [0.2, 0.25) is 11.8 Å². The van der Waals surface area contributed by atoms with Gasteiger partial charge in [0.15, 0.2) is 0 Å². The van der Waals surface area contributed by atoms with Gasteiger partial charge in [-0.2, -0.15) is 0 Å². The predicted octanol–water partition coefficient (Wildman–Crippen LogP) is 5.75. The second kappa shape index (κ2) is 12.8. The number of ether oxygens (including phenoxy) is 1. The van der Waals surface area contributed by atoms with Gasteiger partial charge in [-0.3, -0.25) is 9.59 Å². The molecule has 0 fully saturated rings. The molecular formula is C23H27Cl3N2O3. The maximum Gasteiger partial charge on any atom is 0.242 e. The van der Waals surface area contributed by atoms with Crippen LogP contribution in [0.15, 0.2) is 42.5 Å². The van der Waals surface area contributed by atoms with Crippen molar-refractivity contribution in [2.75, 3.05) is 13.2 Å². The van der Waals surface area contributed by atoms with Crippen LogP contribution in [0.2, 0.25) is 15.1 Å². The van der Waals surface area contributed by atoms with Crippen molar-refractivity contribution in [1.29, 1.82) is 0 Å². The average molecular weight is 486 g/mol. The Morgan fingerprint density at radius 2 is 1.74 bits per heavy atom. The van der Waals surface area contributed by atoms with E-state index in [4.69, 9.17) is 39.5 Å². The quantitative estimate of drug-likeness (QED) is 0.412. The fourth-order valence-corrected chi connectivity index (χ4v) is 3.49. The highest BCUT2D eigenvalue weighted by molar-refractivity contribution is 6.35. The van der Waals surface area contributed by atoms with E-state index in [1.165, 1.54) is 0 Å². The highest BCUT2D eigenvalue weighted by Crippen LogP contribution is 2.24.